The van der Waals surface area contributed by atoms with Gasteiger partial charge in [-0.2, -0.15) is 0 Å². The molecule has 1 amide bonds. The van der Waals surface area contributed by atoms with Crippen molar-refractivity contribution in [3.05, 3.63) is 51.2 Å². The van der Waals surface area contributed by atoms with Crippen molar-refractivity contribution in [1.82, 2.24) is 4.57 Å². The van der Waals surface area contributed by atoms with Crippen LogP contribution in [0.5, 0.6) is 0 Å². The van der Waals surface area contributed by atoms with Crippen molar-refractivity contribution in [3.63, 3.8) is 0 Å². The highest BCUT2D eigenvalue weighted by molar-refractivity contribution is 7.20. The second-order valence-electron chi connectivity index (χ2n) is 7.94. The Hall–Kier alpha value is -3.17. The zero-order valence-electron chi connectivity index (χ0n) is 18.2. The van der Waals surface area contributed by atoms with E-state index in [1.807, 2.05) is 41.9 Å². The number of carbonyl (C=O) groups is 3. The molecule has 0 bridgehead atoms. The minimum Gasteiger partial charge on any atom is -0.465 e. The van der Waals surface area contributed by atoms with Crippen LogP contribution in [0, 0.1) is 0 Å². The molecular weight excluding hydrogens is 460 g/mol. The third-order valence-corrected chi connectivity index (χ3v) is 8.32. The van der Waals surface area contributed by atoms with E-state index in [9.17, 15) is 14.4 Å². The molecule has 7 nitrogen and oxygen atoms in total. The molecule has 0 unspecified atom stereocenters. The number of amides is 1. The van der Waals surface area contributed by atoms with Crippen molar-refractivity contribution >= 4 is 66.6 Å². The van der Waals surface area contributed by atoms with Crippen LogP contribution in [0.3, 0.4) is 0 Å². The number of para-hydroxylation sites is 1. The van der Waals surface area contributed by atoms with Gasteiger partial charge in [0.05, 0.1) is 12.7 Å². The Bertz CT molecular complexity index is 1410. The maximum atomic E-state index is 12.6. The van der Waals surface area contributed by atoms with Crippen LogP contribution in [-0.2, 0) is 34.2 Å². The van der Waals surface area contributed by atoms with Crippen molar-refractivity contribution < 1.29 is 23.9 Å². The first-order valence-corrected chi connectivity index (χ1v) is 12.3. The molecule has 0 saturated heterocycles. The second-order valence-corrected chi connectivity index (χ2v) is 10.1. The number of fused-ring (bicyclic) bond motifs is 4. The Morgan fingerprint density at radius 1 is 1.06 bits per heavy atom. The van der Waals surface area contributed by atoms with E-state index < -0.39 is 24.5 Å². The van der Waals surface area contributed by atoms with Gasteiger partial charge in [0.2, 0.25) is 0 Å². The summed E-state index contributed by atoms with van der Waals surface area (Å²) in [6, 6.07) is 9.81. The molecule has 1 aliphatic carbocycles. The molecule has 4 aromatic rings. The highest BCUT2D eigenvalue weighted by atomic mass is 32.1. The molecule has 0 spiro atoms. The molecule has 3 aromatic heterocycles. The normalized spacial score (nSPS) is 13.2. The molecule has 33 heavy (non-hydrogen) atoms. The average Bonchev–Trinajstić information content (AvgIpc) is 3.49. The molecule has 1 aromatic carbocycles. The maximum absolute atomic E-state index is 12.6. The summed E-state index contributed by atoms with van der Waals surface area (Å²) in [5, 5.41) is 5.26. The van der Waals surface area contributed by atoms with E-state index in [2.05, 4.69) is 5.32 Å². The van der Waals surface area contributed by atoms with Gasteiger partial charge in [-0.25, -0.2) is 9.59 Å². The molecule has 1 aliphatic rings. The van der Waals surface area contributed by atoms with E-state index in [0.717, 1.165) is 57.2 Å². The zero-order valence-corrected chi connectivity index (χ0v) is 19.9. The number of hydrogen-bond donors (Lipinski definition) is 1. The summed E-state index contributed by atoms with van der Waals surface area (Å²) in [4.78, 5) is 40.0. The Labute approximate surface area is 197 Å². The highest BCUT2D eigenvalue weighted by Gasteiger charge is 2.27. The van der Waals surface area contributed by atoms with E-state index in [-0.39, 0.29) is 0 Å². The number of anilines is 1. The number of esters is 2. The minimum atomic E-state index is -0.547. The van der Waals surface area contributed by atoms with Gasteiger partial charge < -0.3 is 19.4 Å². The largest absolute Gasteiger partial charge is 0.465 e. The van der Waals surface area contributed by atoms with Gasteiger partial charge in [0.25, 0.3) is 5.91 Å². The molecule has 3 heterocycles. The highest BCUT2D eigenvalue weighted by Crippen LogP contribution is 2.38. The molecule has 5 rings (SSSR count). The SMILES string of the molecule is COC(=O)c1c(NC(=O)COC(=O)c2cc3c4ccccc4n(C)c3s2)sc2c1CCCC2. The fourth-order valence-electron chi connectivity index (χ4n) is 4.36. The fraction of sp³-hybridized carbons (Fsp3) is 0.292. The van der Waals surface area contributed by atoms with Crippen LogP contribution in [0.2, 0.25) is 0 Å². The number of ether oxygens (including phenoxy) is 2. The van der Waals surface area contributed by atoms with E-state index in [4.69, 9.17) is 9.47 Å². The lowest BCUT2D eigenvalue weighted by Crippen LogP contribution is -2.21. The van der Waals surface area contributed by atoms with Crippen LogP contribution in [0.4, 0.5) is 5.00 Å². The van der Waals surface area contributed by atoms with Gasteiger partial charge in [0.15, 0.2) is 6.61 Å². The number of benzene rings is 1. The lowest BCUT2D eigenvalue weighted by atomic mass is 9.95. The summed E-state index contributed by atoms with van der Waals surface area (Å²) in [5.74, 6) is -1.49. The van der Waals surface area contributed by atoms with Crippen molar-refractivity contribution in [2.75, 3.05) is 19.0 Å². The Morgan fingerprint density at radius 2 is 1.85 bits per heavy atom. The number of hydrogen-bond acceptors (Lipinski definition) is 7. The smallest absolute Gasteiger partial charge is 0.348 e. The van der Waals surface area contributed by atoms with E-state index in [1.54, 1.807) is 0 Å². The van der Waals surface area contributed by atoms with Gasteiger partial charge in [-0.3, -0.25) is 4.79 Å². The van der Waals surface area contributed by atoms with Gasteiger partial charge in [-0.1, -0.05) is 18.2 Å². The van der Waals surface area contributed by atoms with Crippen LogP contribution in [-0.4, -0.2) is 36.1 Å². The molecule has 170 valence electrons. The average molecular weight is 483 g/mol. The predicted octanol–water partition coefficient (Wildman–Crippen LogP) is 4.92. The van der Waals surface area contributed by atoms with Gasteiger partial charge in [0.1, 0.15) is 14.7 Å². The first-order chi connectivity index (χ1) is 16.0. The minimum absolute atomic E-state index is 0.424. The number of methoxy groups -OCH3 is 1. The van der Waals surface area contributed by atoms with Crippen LogP contribution in [0.15, 0.2) is 30.3 Å². The van der Waals surface area contributed by atoms with Crippen LogP contribution in [0.1, 0.15) is 43.3 Å². The third-order valence-electron chi connectivity index (χ3n) is 5.92. The first-order valence-electron chi connectivity index (χ1n) is 10.6. The molecule has 0 radical (unpaired) electrons. The lowest BCUT2D eigenvalue weighted by molar-refractivity contribution is -0.119. The number of nitrogens with one attached hydrogen (secondary N) is 1. The fourth-order valence-corrected chi connectivity index (χ4v) is 6.70. The number of nitrogens with zero attached hydrogens (tertiary/aromatic N) is 1. The summed E-state index contributed by atoms with van der Waals surface area (Å²) < 4.78 is 12.3. The van der Waals surface area contributed by atoms with Gasteiger partial charge in [-0.05, 0) is 43.4 Å². The summed E-state index contributed by atoms with van der Waals surface area (Å²) in [7, 11) is 3.29. The van der Waals surface area contributed by atoms with E-state index >= 15 is 0 Å². The van der Waals surface area contributed by atoms with E-state index in [1.165, 1.54) is 29.8 Å². The van der Waals surface area contributed by atoms with Crippen LogP contribution >= 0.6 is 22.7 Å². The van der Waals surface area contributed by atoms with Crippen molar-refractivity contribution in [1.29, 1.82) is 0 Å². The Morgan fingerprint density at radius 3 is 2.67 bits per heavy atom. The van der Waals surface area contributed by atoms with Gasteiger partial charge in [0, 0.05) is 28.2 Å². The number of carbonyl (C=O) groups excluding carboxylic acids is 3. The molecule has 0 saturated carbocycles. The van der Waals surface area contributed by atoms with Crippen molar-refractivity contribution in [2.24, 2.45) is 7.05 Å². The Balaban J connectivity index is 1.30. The predicted molar refractivity (Wildman–Crippen MR) is 130 cm³/mol. The molecule has 0 fully saturated rings. The number of rotatable bonds is 5. The van der Waals surface area contributed by atoms with Crippen molar-refractivity contribution in [3.8, 4) is 0 Å². The molecule has 0 aliphatic heterocycles. The summed E-state index contributed by atoms with van der Waals surface area (Å²) in [6.45, 7) is -0.434. The lowest BCUT2D eigenvalue weighted by Gasteiger charge is -2.11. The standard InChI is InChI=1S/C24H22N2O5S2/c1-26-16-9-5-3-7-13(16)15-11-18(33-22(15)26)23(28)31-12-19(27)25-21-20(24(29)30-2)14-8-4-6-10-17(14)32-21/h3,5,7,9,11H,4,6,8,10,12H2,1-2H3,(H,25,27). The molecule has 0 atom stereocenters. The Kier molecular flexibility index (Phi) is 5.67. The second kappa shape index (κ2) is 8.64. The van der Waals surface area contributed by atoms with Crippen LogP contribution in [0.25, 0.3) is 21.1 Å². The van der Waals surface area contributed by atoms with E-state index in [0.29, 0.717) is 15.4 Å². The van der Waals surface area contributed by atoms with Crippen LogP contribution < -0.4 is 5.32 Å². The maximum Gasteiger partial charge on any atom is 0.348 e. The summed E-state index contributed by atoms with van der Waals surface area (Å²) in [6.07, 6.45) is 3.74. The number of aryl methyl sites for hydroxylation is 2. The summed E-state index contributed by atoms with van der Waals surface area (Å²) in [5.41, 5.74) is 2.48. The molecule has 9 heteroatoms. The molecule has 1 N–H and O–H groups in total. The van der Waals surface area contributed by atoms with Gasteiger partial charge in [-0.15, -0.1) is 22.7 Å². The monoisotopic (exact) mass is 482 g/mol. The zero-order chi connectivity index (χ0) is 23.1. The molecular formula is C24H22N2O5S2. The number of aromatic nitrogens is 1. The quantitative estimate of drug-likeness (QED) is 0.408. The van der Waals surface area contributed by atoms with Gasteiger partial charge >= 0.3 is 11.9 Å². The van der Waals surface area contributed by atoms with Crippen molar-refractivity contribution in [2.45, 2.75) is 25.7 Å². The summed E-state index contributed by atoms with van der Waals surface area (Å²) >= 11 is 2.74. The third kappa shape index (κ3) is 3.81. The topological polar surface area (TPSA) is 86.6 Å². The number of thiophene rings is 2. The first kappa shape index (κ1) is 21.7.